The molecule has 0 unspecified atom stereocenters. The number of amides is 1. The van der Waals surface area contributed by atoms with Gasteiger partial charge in [-0.25, -0.2) is 0 Å². The van der Waals surface area contributed by atoms with Crippen molar-refractivity contribution in [2.24, 2.45) is 0 Å². The summed E-state index contributed by atoms with van der Waals surface area (Å²) in [5, 5.41) is 14.1. The molecule has 3 rings (SSSR count). The van der Waals surface area contributed by atoms with E-state index in [-0.39, 0.29) is 11.4 Å². The molecule has 0 spiro atoms. The summed E-state index contributed by atoms with van der Waals surface area (Å²) in [5.41, 5.74) is 0.184. The van der Waals surface area contributed by atoms with Crippen LogP contribution in [0.25, 0.3) is 0 Å². The van der Waals surface area contributed by atoms with Crippen molar-refractivity contribution in [3.63, 3.8) is 0 Å². The maximum atomic E-state index is 12.9. The highest BCUT2D eigenvalue weighted by Gasteiger charge is 2.44. The lowest BCUT2D eigenvalue weighted by Gasteiger charge is -2.26. The highest BCUT2D eigenvalue weighted by Crippen LogP contribution is 2.40. The first kappa shape index (κ1) is 16.9. The normalized spacial score (nSPS) is 18.0. The average Bonchev–Trinajstić information content (AvgIpc) is 3.27. The molecule has 1 atom stereocenters. The lowest BCUT2D eigenvalue weighted by atomic mass is 10.0. The van der Waals surface area contributed by atoms with Crippen LogP contribution in [-0.4, -0.2) is 53.8 Å². The molecule has 0 aliphatic carbocycles. The second-order valence-electron chi connectivity index (χ2n) is 5.79. The number of thiophene rings is 2. The zero-order valence-corrected chi connectivity index (χ0v) is 15.1. The Balaban J connectivity index is 2.01. The first-order chi connectivity index (χ1) is 11.5. The van der Waals surface area contributed by atoms with Crippen LogP contribution < -0.4 is 0 Å². The molecule has 3 heterocycles. The summed E-state index contributed by atoms with van der Waals surface area (Å²) in [5.74, 6) is -1.18. The first-order valence-corrected chi connectivity index (χ1v) is 9.27. The van der Waals surface area contributed by atoms with Gasteiger partial charge in [-0.2, -0.15) is 0 Å². The molecule has 0 saturated carbocycles. The van der Waals surface area contributed by atoms with Crippen molar-refractivity contribution in [1.29, 1.82) is 0 Å². The van der Waals surface area contributed by atoms with Gasteiger partial charge in [0.05, 0.1) is 16.5 Å². The summed E-state index contributed by atoms with van der Waals surface area (Å²) in [7, 11) is 3.84. The average molecular weight is 362 g/mol. The summed E-state index contributed by atoms with van der Waals surface area (Å²) < 4.78 is 0. The van der Waals surface area contributed by atoms with E-state index < -0.39 is 17.7 Å². The molecule has 24 heavy (non-hydrogen) atoms. The molecule has 2 aromatic rings. The lowest BCUT2D eigenvalue weighted by Crippen LogP contribution is -2.36. The van der Waals surface area contributed by atoms with Crippen LogP contribution >= 0.6 is 22.7 Å². The SMILES string of the molecule is CN(C)CCN1C(=O)C(O)=C(C(=O)c2cccs2)[C@@H]1c1cccs1. The van der Waals surface area contributed by atoms with E-state index in [2.05, 4.69) is 0 Å². The monoisotopic (exact) mass is 362 g/mol. The number of nitrogens with zero attached hydrogens (tertiary/aromatic N) is 2. The van der Waals surface area contributed by atoms with E-state index in [9.17, 15) is 14.7 Å². The van der Waals surface area contributed by atoms with Gasteiger partial charge in [-0.3, -0.25) is 9.59 Å². The van der Waals surface area contributed by atoms with Gasteiger partial charge in [0.25, 0.3) is 5.91 Å². The second kappa shape index (κ2) is 6.88. The van der Waals surface area contributed by atoms with Crippen LogP contribution in [0.15, 0.2) is 46.4 Å². The first-order valence-electron chi connectivity index (χ1n) is 7.51. The van der Waals surface area contributed by atoms with Crippen molar-refractivity contribution >= 4 is 34.4 Å². The Morgan fingerprint density at radius 1 is 1.25 bits per heavy atom. The minimum atomic E-state index is -0.521. The molecular weight excluding hydrogens is 344 g/mol. The highest BCUT2D eigenvalue weighted by atomic mass is 32.1. The van der Waals surface area contributed by atoms with Crippen LogP contribution in [0, 0.1) is 0 Å². The van der Waals surface area contributed by atoms with E-state index in [1.165, 1.54) is 22.7 Å². The molecule has 1 aliphatic rings. The molecule has 0 saturated heterocycles. The van der Waals surface area contributed by atoms with Gasteiger partial charge in [0.15, 0.2) is 5.76 Å². The fourth-order valence-corrected chi connectivity index (χ4v) is 4.23. The number of aliphatic hydroxyl groups is 1. The minimum absolute atomic E-state index is 0.184. The Morgan fingerprint density at radius 3 is 2.54 bits per heavy atom. The van der Waals surface area contributed by atoms with Gasteiger partial charge in [0, 0.05) is 18.0 Å². The highest BCUT2D eigenvalue weighted by molar-refractivity contribution is 7.12. The van der Waals surface area contributed by atoms with Crippen molar-refractivity contribution in [2.45, 2.75) is 6.04 Å². The molecule has 0 bridgehead atoms. The van der Waals surface area contributed by atoms with E-state index in [0.717, 1.165) is 4.88 Å². The van der Waals surface area contributed by atoms with Crippen LogP contribution in [0.1, 0.15) is 20.6 Å². The molecule has 126 valence electrons. The predicted molar refractivity (Wildman–Crippen MR) is 95.6 cm³/mol. The Kier molecular flexibility index (Phi) is 4.84. The number of Topliss-reactive ketones (excluding diaryl/α,β-unsaturated/α-hetero) is 1. The Morgan fingerprint density at radius 2 is 1.96 bits per heavy atom. The fourth-order valence-electron chi connectivity index (χ4n) is 2.71. The van der Waals surface area contributed by atoms with Crippen LogP contribution in [0.4, 0.5) is 0 Å². The van der Waals surface area contributed by atoms with Crippen LogP contribution in [-0.2, 0) is 4.79 Å². The molecule has 1 amide bonds. The quantitative estimate of drug-likeness (QED) is 0.803. The van der Waals surface area contributed by atoms with Gasteiger partial charge in [0.2, 0.25) is 5.78 Å². The molecule has 0 aromatic carbocycles. The molecule has 5 nitrogen and oxygen atoms in total. The van der Waals surface area contributed by atoms with Crippen molar-refractivity contribution in [3.8, 4) is 0 Å². The maximum absolute atomic E-state index is 12.9. The summed E-state index contributed by atoms with van der Waals surface area (Å²) in [6, 6.07) is 6.76. The zero-order chi connectivity index (χ0) is 17.3. The van der Waals surface area contributed by atoms with Crippen molar-refractivity contribution in [3.05, 3.63) is 56.1 Å². The summed E-state index contributed by atoms with van der Waals surface area (Å²) >= 11 is 2.79. The number of likely N-dealkylation sites (N-methyl/N-ethyl adjacent to an activating group) is 1. The molecule has 0 radical (unpaired) electrons. The molecular formula is C17H18N2O3S2. The number of ketones is 1. The molecule has 0 fully saturated rings. The molecule has 7 heteroatoms. The Bertz CT molecular complexity index is 764. The second-order valence-corrected chi connectivity index (χ2v) is 7.72. The number of carbonyl (C=O) groups is 2. The third-order valence-electron chi connectivity index (χ3n) is 3.89. The molecule has 1 aliphatic heterocycles. The number of hydrogen-bond donors (Lipinski definition) is 1. The van der Waals surface area contributed by atoms with Crippen molar-refractivity contribution in [2.75, 3.05) is 27.2 Å². The molecule has 1 N–H and O–H groups in total. The van der Waals surface area contributed by atoms with Crippen molar-refractivity contribution < 1.29 is 14.7 Å². The van der Waals surface area contributed by atoms with Gasteiger partial charge in [-0.15, -0.1) is 22.7 Å². The summed E-state index contributed by atoms with van der Waals surface area (Å²) in [4.78, 5) is 30.4. The number of hydrogen-bond acceptors (Lipinski definition) is 6. The Labute approximate surface area is 148 Å². The third kappa shape index (κ3) is 3.02. The van der Waals surface area contributed by atoms with Gasteiger partial charge >= 0.3 is 0 Å². The lowest BCUT2D eigenvalue weighted by molar-refractivity contribution is -0.129. The van der Waals surface area contributed by atoms with Gasteiger partial charge in [-0.05, 0) is 37.0 Å². The van der Waals surface area contributed by atoms with E-state index in [1.807, 2.05) is 41.9 Å². The van der Waals surface area contributed by atoms with Gasteiger partial charge < -0.3 is 14.9 Å². The van der Waals surface area contributed by atoms with E-state index >= 15 is 0 Å². The number of carbonyl (C=O) groups excluding carboxylic acids is 2. The molecule has 2 aromatic heterocycles. The summed E-state index contributed by atoms with van der Waals surface area (Å²) in [6.45, 7) is 1.10. The van der Waals surface area contributed by atoms with Crippen LogP contribution in [0.3, 0.4) is 0 Å². The topological polar surface area (TPSA) is 60.9 Å². The van der Waals surface area contributed by atoms with Gasteiger partial charge in [0.1, 0.15) is 0 Å². The Hall–Kier alpha value is -1.96. The van der Waals surface area contributed by atoms with E-state index in [1.54, 1.807) is 17.0 Å². The zero-order valence-electron chi connectivity index (χ0n) is 13.4. The van der Waals surface area contributed by atoms with Gasteiger partial charge in [-0.1, -0.05) is 12.1 Å². The van der Waals surface area contributed by atoms with E-state index in [0.29, 0.717) is 18.0 Å². The van der Waals surface area contributed by atoms with Crippen LogP contribution in [0.5, 0.6) is 0 Å². The smallest absolute Gasteiger partial charge is 0.290 e. The summed E-state index contributed by atoms with van der Waals surface area (Å²) in [6.07, 6.45) is 0. The number of aliphatic hydroxyl groups excluding tert-OH is 1. The largest absolute Gasteiger partial charge is 0.503 e. The fraction of sp³-hybridized carbons (Fsp3) is 0.294. The van der Waals surface area contributed by atoms with Crippen molar-refractivity contribution in [1.82, 2.24) is 9.80 Å². The maximum Gasteiger partial charge on any atom is 0.290 e. The third-order valence-corrected chi connectivity index (χ3v) is 5.69. The standard InChI is InChI=1S/C17H18N2O3S2/c1-18(2)7-8-19-14(11-5-3-9-23-11)13(16(21)17(19)22)15(20)12-6-4-10-24-12/h3-6,9-10,14,21H,7-8H2,1-2H3/t14-/m0/s1. The predicted octanol–water partition coefficient (Wildman–Crippen LogP) is 2.95. The van der Waals surface area contributed by atoms with Crippen LogP contribution in [0.2, 0.25) is 0 Å². The van der Waals surface area contributed by atoms with E-state index in [4.69, 9.17) is 0 Å². The minimum Gasteiger partial charge on any atom is -0.503 e. The number of rotatable bonds is 6.